The predicted molar refractivity (Wildman–Crippen MR) is 212 cm³/mol. The number of aliphatic hydroxyl groups is 1. The van der Waals surface area contributed by atoms with Crippen molar-refractivity contribution in [2.75, 3.05) is 19.8 Å². The van der Waals surface area contributed by atoms with E-state index in [0.29, 0.717) is 5.56 Å². The number of hydrogen-bond acceptors (Lipinski definition) is 16. The fourth-order valence-corrected chi connectivity index (χ4v) is 7.00. The maximum absolute atomic E-state index is 13.6. The van der Waals surface area contributed by atoms with Crippen molar-refractivity contribution >= 4 is 29.8 Å². The Labute approximate surface area is 353 Å². The highest BCUT2D eigenvalue weighted by atomic mass is 16.8. The van der Waals surface area contributed by atoms with E-state index in [0.717, 1.165) is 0 Å². The molecule has 60 heavy (non-hydrogen) atoms. The zero-order valence-electron chi connectivity index (χ0n) is 36.7. The van der Waals surface area contributed by atoms with E-state index in [1.54, 1.807) is 26.0 Å². The quantitative estimate of drug-likeness (QED) is 0.130. The lowest BCUT2D eigenvalue weighted by atomic mass is 9.97. The lowest BCUT2D eigenvalue weighted by Gasteiger charge is -2.48. The lowest BCUT2D eigenvalue weighted by Crippen LogP contribution is -2.66. The van der Waals surface area contributed by atoms with Gasteiger partial charge in [-0.1, -0.05) is 99.6 Å². The van der Waals surface area contributed by atoms with Crippen molar-refractivity contribution in [1.29, 1.82) is 0 Å². The largest absolute Gasteiger partial charge is 0.463 e. The molecule has 1 aromatic carbocycles. The van der Waals surface area contributed by atoms with Gasteiger partial charge in [0.15, 0.2) is 24.6 Å². The minimum atomic E-state index is -2.36. The number of rotatable bonds is 20. The number of carbonyl (C=O) groups excluding carboxylic acids is 5. The number of ether oxygens (including phenoxy) is 10. The van der Waals surface area contributed by atoms with Crippen LogP contribution in [0, 0.1) is 29.6 Å². The Balaban J connectivity index is 1.82. The molecule has 1 N–H and O–H groups in total. The SMILES string of the molecule is CC(C)CC(=O)OC[C@H]1O[C@@](COC(=O)CC(C)C)(O[C@H]2O[C@@H]3COC(c4ccccc4)O[C@H]3[C@H](O)[C@H]2OC(=O)CC(C)C)[C@@H](OC(=O)CC(C)C)[C@@H]1OC(=O)CC(C)C. The Morgan fingerprint density at radius 1 is 0.667 bits per heavy atom. The number of esters is 5. The molecule has 3 saturated heterocycles. The first kappa shape index (κ1) is 49.0. The number of aliphatic hydroxyl groups excluding tert-OH is 1. The molecule has 0 spiro atoms. The lowest BCUT2D eigenvalue weighted by molar-refractivity contribution is -0.406. The normalized spacial score (nSPS) is 29.1. The first-order valence-electron chi connectivity index (χ1n) is 21.2. The number of benzene rings is 1. The van der Waals surface area contributed by atoms with Gasteiger partial charge < -0.3 is 52.5 Å². The standard InChI is InChI=1S/C44H66O16/c1-24(2)16-32(45)51-22-31-39(55-34(47)18-26(5)6)41(57-36(49)20-28(9)10)44(59-31,23-53-33(46)17-25(3)4)60-43-40(56-35(48)19-27(7)8)37(50)38-30(54-43)21-52-42(58-38)29-14-12-11-13-15-29/h11-15,24-28,30-31,37-43,50H,16-23H2,1-10H3/t30-,31-,37+,38-,39-,40-,41+,42?,43-,44+/m1/s1. The molecule has 1 unspecified atom stereocenters. The highest BCUT2D eigenvalue weighted by molar-refractivity contribution is 5.72. The molecule has 0 radical (unpaired) electrons. The van der Waals surface area contributed by atoms with E-state index in [1.807, 2.05) is 73.6 Å². The van der Waals surface area contributed by atoms with Gasteiger partial charge in [0, 0.05) is 37.7 Å². The topological polar surface area (TPSA) is 198 Å². The van der Waals surface area contributed by atoms with Gasteiger partial charge in [-0.2, -0.15) is 0 Å². The van der Waals surface area contributed by atoms with E-state index in [1.165, 1.54) is 0 Å². The molecule has 4 rings (SSSR count). The summed E-state index contributed by atoms with van der Waals surface area (Å²) in [5.41, 5.74) is 0.681. The van der Waals surface area contributed by atoms with Gasteiger partial charge in [0.05, 0.1) is 6.61 Å². The van der Waals surface area contributed by atoms with Crippen LogP contribution in [0.4, 0.5) is 0 Å². The van der Waals surface area contributed by atoms with Crippen molar-refractivity contribution in [2.45, 2.75) is 162 Å². The minimum Gasteiger partial charge on any atom is -0.463 e. The third-order valence-corrected chi connectivity index (χ3v) is 9.66. The van der Waals surface area contributed by atoms with E-state index in [2.05, 4.69) is 0 Å². The second-order valence-corrected chi connectivity index (χ2v) is 17.9. The molecule has 338 valence electrons. The summed E-state index contributed by atoms with van der Waals surface area (Å²) in [6.45, 7) is 16.9. The molecule has 1 aromatic rings. The van der Waals surface area contributed by atoms with Crippen molar-refractivity contribution in [3.63, 3.8) is 0 Å². The zero-order chi connectivity index (χ0) is 44.3. The van der Waals surface area contributed by atoms with Crippen LogP contribution in [0.2, 0.25) is 0 Å². The number of hydrogen-bond donors (Lipinski definition) is 1. The molecule has 10 atom stereocenters. The van der Waals surface area contributed by atoms with Crippen LogP contribution in [0.15, 0.2) is 30.3 Å². The van der Waals surface area contributed by atoms with E-state index >= 15 is 0 Å². The molecule has 3 aliphatic heterocycles. The van der Waals surface area contributed by atoms with Crippen LogP contribution in [0.1, 0.15) is 113 Å². The van der Waals surface area contributed by atoms with Crippen molar-refractivity contribution < 1.29 is 76.4 Å². The molecule has 0 aliphatic carbocycles. The van der Waals surface area contributed by atoms with E-state index in [-0.39, 0.29) is 68.3 Å². The molecule has 3 heterocycles. The van der Waals surface area contributed by atoms with Gasteiger partial charge in [-0.15, -0.1) is 0 Å². The highest BCUT2D eigenvalue weighted by Gasteiger charge is 2.65. The summed E-state index contributed by atoms with van der Waals surface area (Å²) in [6, 6.07) is 9.07. The predicted octanol–water partition coefficient (Wildman–Crippen LogP) is 5.35. The summed E-state index contributed by atoms with van der Waals surface area (Å²) in [5.74, 6) is -6.24. The average molecular weight is 851 g/mol. The number of carbonyl (C=O) groups is 5. The van der Waals surface area contributed by atoms with Crippen LogP contribution in [0.3, 0.4) is 0 Å². The maximum Gasteiger partial charge on any atom is 0.306 e. The average Bonchev–Trinajstić information content (AvgIpc) is 3.40. The third kappa shape index (κ3) is 14.2. The summed E-state index contributed by atoms with van der Waals surface area (Å²) >= 11 is 0. The van der Waals surface area contributed by atoms with Gasteiger partial charge in [0.1, 0.15) is 37.6 Å². The molecule has 0 saturated carbocycles. The van der Waals surface area contributed by atoms with Crippen LogP contribution in [0.5, 0.6) is 0 Å². The fourth-order valence-electron chi connectivity index (χ4n) is 7.00. The van der Waals surface area contributed by atoms with E-state index in [9.17, 15) is 29.1 Å². The molecule has 16 nitrogen and oxygen atoms in total. The smallest absolute Gasteiger partial charge is 0.306 e. The highest BCUT2D eigenvalue weighted by Crippen LogP contribution is 2.43. The maximum atomic E-state index is 13.6. The van der Waals surface area contributed by atoms with Crippen LogP contribution >= 0.6 is 0 Å². The van der Waals surface area contributed by atoms with Gasteiger partial charge in [0.25, 0.3) is 0 Å². The van der Waals surface area contributed by atoms with Crippen LogP contribution in [0.25, 0.3) is 0 Å². The van der Waals surface area contributed by atoms with Crippen molar-refractivity contribution in [2.24, 2.45) is 29.6 Å². The second-order valence-electron chi connectivity index (χ2n) is 17.9. The molecule has 3 fully saturated rings. The zero-order valence-corrected chi connectivity index (χ0v) is 36.7. The molecule has 0 bridgehead atoms. The molecule has 0 aromatic heterocycles. The Morgan fingerprint density at radius 3 is 1.72 bits per heavy atom. The van der Waals surface area contributed by atoms with E-state index in [4.69, 9.17) is 47.4 Å². The fraction of sp³-hybridized carbons (Fsp3) is 0.750. The van der Waals surface area contributed by atoms with Crippen molar-refractivity contribution in [3.8, 4) is 0 Å². The first-order chi connectivity index (χ1) is 28.3. The van der Waals surface area contributed by atoms with Gasteiger partial charge in [-0.25, -0.2) is 0 Å². The summed E-state index contributed by atoms with van der Waals surface area (Å²) in [5, 5.41) is 12.0. The van der Waals surface area contributed by atoms with Gasteiger partial charge in [-0.3, -0.25) is 24.0 Å². The molecule has 16 heteroatoms. The van der Waals surface area contributed by atoms with E-state index < -0.39 is 104 Å². The second kappa shape index (κ2) is 22.4. The van der Waals surface area contributed by atoms with Gasteiger partial charge in [0.2, 0.25) is 12.1 Å². The Hall–Kier alpha value is -3.67. The Morgan fingerprint density at radius 2 is 1.17 bits per heavy atom. The monoisotopic (exact) mass is 850 g/mol. The molecule has 0 amide bonds. The molecule has 3 aliphatic rings. The Bertz CT molecular complexity index is 1560. The van der Waals surface area contributed by atoms with Gasteiger partial charge >= 0.3 is 29.8 Å². The van der Waals surface area contributed by atoms with Crippen molar-refractivity contribution in [3.05, 3.63) is 35.9 Å². The number of fused-ring (bicyclic) bond motifs is 1. The van der Waals surface area contributed by atoms with Crippen LogP contribution < -0.4 is 0 Å². The Kier molecular flexibility index (Phi) is 18.3. The van der Waals surface area contributed by atoms with Crippen LogP contribution in [-0.4, -0.2) is 110 Å². The van der Waals surface area contributed by atoms with Crippen molar-refractivity contribution in [1.82, 2.24) is 0 Å². The summed E-state index contributed by atoms with van der Waals surface area (Å²) in [7, 11) is 0. The minimum absolute atomic E-state index is 0.00791. The molecular weight excluding hydrogens is 784 g/mol. The summed E-state index contributed by atoms with van der Waals surface area (Å²) < 4.78 is 61.3. The van der Waals surface area contributed by atoms with Crippen LogP contribution in [-0.2, 0) is 71.3 Å². The summed E-state index contributed by atoms with van der Waals surface area (Å²) in [6.07, 6.45) is -12.4. The van der Waals surface area contributed by atoms with Gasteiger partial charge in [-0.05, 0) is 29.6 Å². The molecular formula is C44H66O16. The summed E-state index contributed by atoms with van der Waals surface area (Å²) in [4.78, 5) is 66.5. The third-order valence-electron chi connectivity index (χ3n) is 9.66. The first-order valence-corrected chi connectivity index (χ1v) is 21.2.